The highest BCUT2D eigenvalue weighted by Gasteiger charge is 2.26. The number of ether oxygens (including phenoxy) is 2. The quantitative estimate of drug-likeness (QED) is 0.286. The summed E-state index contributed by atoms with van der Waals surface area (Å²) in [6, 6.07) is 8.49. The summed E-state index contributed by atoms with van der Waals surface area (Å²) in [5.74, 6) is -1.28. The fourth-order valence-electron chi connectivity index (χ4n) is 4.07. The summed E-state index contributed by atoms with van der Waals surface area (Å²) in [6.45, 7) is 0.728. The molecule has 1 unspecified atom stereocenters. The molecule has 38 heavy (non-hydrogen) atoms. The van der Waals surface area contributed by atoms with Crippen LogP contribution in [0.5, 0.6) is 17.2 Å². The molecule has 10 nitrogen and oxygen atoms in total. The molecule has 2 aromatic heterocycles. The monoisotopic (exact) mass is 535 g/mol. The lowest BCUT2D eigenvalue weighted by molar-refractivity contribution is -0.116. The molecular formula is C26H22FN5O5S. The van der Waals surface area contributed by atoms with Gasteiger partial charge in [-0.05, 0) is 54.4 Å². The van der Waals surface area contributed by atoms with Gasteiger partial charge in [-0.3, -0.25) is 4.79 Å². The van der Waals surface area contributed by atoms with E-state index in [2.05, 4.69) is 25.6 Å². The predicted octanol–water partition coefficient (Wildman–Crippen LogP) is 4.36. The van der Waals surface area contributed by atoms with Crippen molar-refractivity contribution in [2.75, 3.05) is 11.9 Å². The van der Waals surface area contributed by atoms with Gasteiger partial charge >= 0.3 is 5.97 Å². The van der Waals surface area contributed by atoms with Crippen LogP contribution in [0, 0.1) is 5.82 Å². The number of nitrogens with zero attached hydrogens (tertiary/aromatic N) is 3. The summed E-state index contributed by atoms with van der Waals surface area (Å²) in [5.41, 5.74) is 1.35. The van der Waals surface area contributed by atoms with Crippen molar-refractivity contribution in [3.05, 3.63) is 88.7 Å². The van der Waals surface area contributed by atoms with E-state index in [1.165, 1.54) is 17.4 Å². The highest BCUT2D eigenvalue weighted by molar-refractivity contribution is 7.13. The SMILES string of the molecule is O=C(CC1NCCc2cc(OCc3ncccn3)c(Oc3ccc(C(=O)O)c(F)c3)cc21)Nc1nccs1. The maximum absolute atomic E-state index is 14.3. The molecule has 0 saturated carbocycles. The van der Waals surface area contributed by atoms with Crippen LogP contribution in [-0.2, 0) is 17.8 Å². The number of aromatic nitrogens is 3. The van der Waals surface area contributed by atoms with Gasteiger partial charge in [0.2, 0.25) is 5.91 Å². The average Bonchev–Trinajstić information content (AvgIpc) is 3.41. The van der Waals surface area contributed by atoms with E-state index in [-0.39, 0.29) is 36.5 Å². The first-order valence-corrected chi connectivity index (χ1v) is 12.5. The summed E-state index contributed by atoms with van der Waals surface area (Å²) in [4.78, 5) is 36.3. The summed E-state index contributed by atoms with van der Waals surface area (Å²) < 4.78 is 26.3. The Morgan fingerprint density at radius 1 is 1.13 bits per heavy atom. The van der Waals surface area contributed by atoms with E-state index < -0.39 is 17.3 Å². The molecule has 4 aromatic rings. The van der Waals surface area contributed by atoms with Crippen LogP contribution < -0.4 is 20.1 Å². The minimum atomic E-state index is -1.38. The Hall–Kier alpha value is -4.42. The maximum atomic E-state index is 14.3. The summed E-state index contributed by atoms with van der Waals surface area (Å²) >= 11 is 1.33. The Morgan fingerprint density at radius 3 is 2.71 bits per heavy atom. The first-order chi connectivity index (χ1) is 18.5. The molecule has 3 heterocycles. The molecule has 0 radical (unpaired) electrons. The van der Waals surface area contributed by atoms with Crippen LogP contribution in [0.1, 0.15) is 39.8 Å². The zero-order valence-corrected chi connectivity index (χ0v) is 20.7. The van der Waals surface area contributed by atoms with Crippen LogP contribution in [0.4, 0.5) is 9.52 Å². The van der Waals surface area contributed by atoms with Crippen molar-refractivity contribution in [2.24, 2.45) is 0 Å². The van der Waals surface area contributed by atoms with Gasteiger partial charge in [-0.25, -0.2) is 24.1 Å². The van der Waals surface area contributed by atoms with Gasteiger partial charge in [-0.1, -0.05) is 0 Å². The lowest BCUT2D eigenvalue weighted by Gasteiger charge is -2.28. The third-order valence-corrected chi connectivity index (χ3v) is 6.50. The number of carbonyl (C=O) groups excluding carboxylic acids is 1. The normalized spacial score (nSPS) is 14.4. The highest BCUT2D eigenvalue weighted by atomic mass is 32.1. The van der Waals surface area contributed by atoms with Gasteiger partial charge in [0.05, 0.1) is 5.56 Å². The molecule has 3 N–H and O–H groups in total. The largest absolute Gasteiger partial charge is 0.482 e. The number of anilines is 1. The lowest BCUT2D eigenvalue weighted by Crippen LogP contribution is -2.32. The molecule has 0 aliphatic carbocycles. The van der Waals surface area contributed by atoms with Crippen molar-refractivity contribution >= 4 is 28.3 Å². The average molecular weight is 536 g/mol. The minimum Gasteiger partial charge on any atom is -0.482 e. The van der Waals surface area contributed by atoms with Gasteiger partial charge < -0.3 is 25.2 Å². The number of benzene rings is 2. The van der Waals surface area contributed by atoms with Gasteiger partial charge in [0.1, 0.15) is 18.2 Å². The number of carbonyl (C=O) groups is 2. The Morgan fingerprint density at radius 2 is 1.97 bits per heavy atom. The van der Waals surface area contributed by atoms with Crippen molar-refractivity contribution in [3.63, 3.8) is 0 Å². The number of hydrogen-bond acceptors (Lipinski definition) is 9. The summed E-state index contributed by atoms with van der Waals surface area (Å²) in [6.07, 6.45) is 5.68. The number of nitrogens with one attached hydrogen (secondary N) is 2. The molecule has 1 aliphatic rings. The van der Waals surface area contributed by atoms with Crippen LogP contribution in [0.3, 0.4) is 0 Å². The van der Waals surface area contributed by atoms with Crippen LogP contribution in [0.25, 0.3) is 0 Å². The zero-order valence-electron chi connectivity index (χ0n) is 19.9. The second-order valence-electron chi connectivity index (χ2n) is 8.35. The topological polar surface area (TPSA) is 136 Å². The molecular weight excluding hydrogens is 513 g/mol. The molecule has 0 fully saturated rings. The Kier molecular flexibility index (Phi) is 7.52. The number of hydrogen-bond donors (Lipinski definition) is 3. The summed E-state index contributed by atoms with van der Waals surface area (Å²) in [5, 5.41) is 17.6. The Bertz CT molecular complexity index is 1450. The van der Waals surface area contributed by atoms with E-state index in [0.29, 0.717) is 29.7 Å². The van der Waals surface area contributed by atoms with Crippen molar-refractivity contribution in [1.82, 2.24) is 20.3 Å². The molecule has 0 spiro atoms. The van der Waals surface area contributed by atoms with E-state index in [1.54, 1.807) is 36.1 Å². The smallest absolute Gasteiger partial charge is 0.338 e. The fourth-order valence-corrected chi connectivity index (χ4v) is 4.62. The second kappa shape index (κ2) is 11.3. The highest BCUT2D eigenvalue weighted by Crippen LogP contribution is 2.39. The fraction of sp³-hybridized carbons (Fsp3) is 0.192. The molecule has 1 atom stereocenters. The van der Waals surface area contributed by atoms with E-state index >= 15 is 0 Å². The Labute approximate surface area is 220 Å². The zero-order chi connectivity index (χ0) is 26.5. The second-order valence-corrected chi connectivity index (χ2v) is 9.24. The molecule has 1 aliphatic heterocycles. The van der Waals surface area contributed by atoms with Gasteiger partial charge in [0.15, 0.2) is 22.5 Å². The van der Waals surface area contributed by atoms with Gasteiger partial charge in [0.25, 0.3) is 0 Å². The van der Waals surface area contributed by atoms with Crippen LogP contribution >= 0.6 is 11.3 Å². The van der Waals surface area contributed by atoms with Crippen molar-refractivity contribution in [2.45, 2.75) is 25.5 Å². The van der Waals surface area contributed by atoms with E-state index in [9.17, 15) is 14.0 Å². The Balaban J connectivity index is 1.44. The number of rotatable bonds is 9. The molecule has 0 bridgehead atoms. The molecule has 2 aromatic carbocycles. The number of carboxylic acid groups (broad SMARTS) is 1. The van der Waals surface area contributed by atoms with E-state index in [4.69, 9.17) is 14.6 Å². The number of aromatic carboxylic acids is 1. The number of carboxylic acids is 1. The number of halogens is 1. The number of fused-ring (bicyclic) bond motifs is 1. The number of thiazole rings is 1. The molecule has 12 heteroatoms. The van der Waals surface area contributed by atoms with Crippen LogP contribution in [0.2, 0.25) is 0 Å². The van der Waals surface area contributed by atoms with Crippen molar-refractivity contribution in [3.8, 4) is 17.2 Å². The van der Waals surface area contributed by atoms with Crippen molar-refractivity contribution in [1.29, 1.82) is 0 Å². The maximum Gasteiger partial charge on any atom is 0.338 e. The minimum absolute atomic E-state index is 0.0696. The molecule has 5 rings (SSSR count). The standard InChI is InChI=1S/C26H22FN5O5S/c27-19-11-16(2-3-17(19)25(34)35)37-22-12-18-15(10-21(22)36-14-23-29-5-1-6-30-23)4-7-28-20(18)13-24(33)32-26-31-8-9-38-26/h1-3,5-6,8-12,20,28H,4,7,13-14H2,(H,34,35)(H,31,32,33). The lowest BCUT2D eigenvalue weighted by atomic mass is 9.91. The van der Waals surface area contributed by atoms with Gasteiger partial charge in [-0.15, -0.1) is 11.3 Å². The summed E-state index contributed by atoms with van der Waals surface area (Å²) in [7, 11) is 0. The van der Waals surface area contributed by atoms with Gasteiger partial charge in [0, 0.05) is 42.5 Å². The predicted molar refractivity (Wildman–Crippen MR) is 136 cm³/mol. The molecule has 1 amide bonds. The van der Waals surface area contributed by atoms with E-state index in [1.807, 2.05) is 6.07 Å². The van der Waals surface area contributed by atoms with Crippen LogP contribution in [-0.4, -0.2) is 38.5 Å². The first kappa shape index (κ1) is 25.2. The first-order valence-electron chi connectivity index (χ1n) is 11.6. The number of amides is 1. The van der Waals surface area contributed by atoms with Crippen LogP contribution in [0.15, 0.2) is 60.4 Å². The van der Waals surface area contributed by atoms with Gasteiger partial charge in [-0.2, -0.15) is 0 Å². The third-order valence-electron chi connectivity index (χ3n) is 5.81. The molecule has 0 saturated heterocycles. The van der Waals surface area contributed by atoms with Crippen molar-refractivity contribution < 1.29 is 28.6 Å². The van der Waals surface area contributed by atoms with E-state index in [0.717, 1.165) is 23.3 Å². The molecule has 194 valence electrons. The third kappa shape index (κ3) is 5.93.